The van der Waals surface area contributed by atoms with Gasteiger partial charge < -0.3 is 21.5 Å². The van der Waals surface area contributed by atoms with E-state index < -0.39 is 17.3 Å². The number of carbonyl (C=O) groups excluding carboxylic acids is 1. The van der Waals surface area contributed by atoms with Crippen molar-refractivity contribution in [2.75, 3.05) is 17.2 Å². The lowest BCUT2D eigenvalue weighted by Crippen LogP contribution is -2.29. The molecule has 5 N–H and O–H groups in total. The van der Waals surface area contributed by atoms with Crippen molar-refractivity contribution in [2.24, 2.45) is 11.7 Å². The maximum Gasteiger partial charge on any atom is 0.225 e. The number of nitrogens with one attached hydrogen (secondary N) is 2. The van der Waals surface area contributed by atoms with Crippen LogP contribution in [0.2, 0.25) is 0 Å². The molecule has 1 amide bonds. The van der Waals surface area contributed by atoms with Crippen molar-refractivity contribution in [2.45, 2.75) is 44.7 Å². The maximum atomic E-state index is 14.6. The summed E-state index contributed by atoms with van der Waals surface area (Å²) in [5.74, 6) is -2.02. The van der Waals surface area contributed by atoms with Crippen LogP contribution in [0.5, 0.6) is 0 Å². The summed E-state index contributed by atoms with van der Waals surface area (Å²) in [5.41, 5.74) is 5.71. The molecule has 2 heterocycles. The highest BCUT2D eigenvalue weighted by molar-refractivity contribution is 5.78. The van der Waals surface area contributed by atoms with Gasteiger partial charge >= 0.3 is 0 Å². The number of primary amides is 1. The van der Waals surface area contributed by atoms with Gasteiger partial charge in [-0.05, 0) is 44.7 Å². The number of imidazole rings is 1. The largest absolute Gasteiger partial charge is 0.394 e. The molecule has 0 bridgehead atoms. The van der Waals surface area contributed by atoms with Crippen molar-refractivity contribution in [1.82, 2.24) is 19.5 Å². The molecule has 0 saturated heterocycles. The molecule has 1 saturated carbocycles. The van der Waals surface area contributed by atoms with Gasteiger partial charge in [-0.25, -0.2) is 18.7 Å². The lowest BCUT2D eigenvalue weighted by atomic mass is 9.85. The van der Waals surface area contributed by atoms with E-state index in [1.54, 1.807) is 17.6 Å². The average molecular weight is 470 g/mol. The van der Waals surface area contributed by atoms with Crippen LogP contribution in [0.3, 0.4) is 0 Å². The summed E-state index contributed by atoms with van der Waals surface area (Å²) >= 11 is 0. The topological polar surface area (TPSA) is 155 Å². The minimum atomic E-state index is -0.933. The van der Waals surface area contributed by atoms with E-state index in [1.165, 1.54) is 6.20 Å². The molecule has 4 rings (SSSR count). The number of aromatic nitrogens is 4. The van der Waals surface area contributed by atoms with E-state index in [0.717, 1.165) is 12.1 Å². The van der Waals surface area contributed by atoms with E-state index in [2.05, 4.69) is 25.6 Å². The molecule has 12 heteroatoms. The van der Waals surface area contributed by atoms with Gasteiger partial charge in [0.2, 0.25) is 17.8 Å². The van der Waals surface area contributed by atoms with E-state index in [0.29, 0.717) is 36.8 Å². The van der Waals surface area contributed by atoms with Gasteiger partial charge in [0, 0.05) is 18.0 Å². The zero-order valence-electron chi connectivity index (χ0n) is 18.4. The summed E-state index contributed by atoms with van der Waals surface area (Å²) < 4.78 is 30.9. The fraction of sp³-hybridized carbons (Fsp3) is 0.409. The Hall–Kier alpha value is -3.85. The molecular weight excluding hydrogens is 446 g/mol. The molecule has 2 aromatic heterocycles. The van der Waals surface area contributed by atoms with Gasteiger partial charge in [0.25, 0.3) is 0 Å². The van der Waals surface area contributed by atoms with Gasteiger partial charge in [0.15, 0.2) is 17.3 Å². The molecule has 1 atom stereocenters. The monoisotopic (exact) mass is 470 g/mol. The fourth-order valence-electron chi connectivity index (χ4n) is 4.15. The second-order valence-electron chi connectivity index (χ2n) is 8.40. The third-order valence-corrected chi connectivity index (χ3v) is 5.95. The smallest absolute Gasteiger partial charge is 0.225 e. The van der Waals surface area contributed by atoms with Crippen LogP contribution in [0.25, 0.3) is 11.2 Å². The first kappa shape index (κ1) is 23.3. The number of anilines is 3. The van der Waals surface area contributed by atoms with Gasteiger partial charge in [0.1, 0.15) is 11.2 Å². The quantitative estimate of drug-likeness (QED) is 0.411. The van der Waals surface area contributed by atoms with Crippen molar-refractivity contribution in [3.63, 3.8) is 0 Å². The van der Waals surface area contributed by atoms with Crippen LogP contribution in [0.1, 0.15) is 44.2 Å². The molecule has 1 aliphatic carbocycles. The predicted octanol–water partition coefficient (Wildman–Crippen LogP) is 2.73. The molecule has 178 valence electrons. The van der Waals surface area contributed by atoms with Crippen LogP contribution in [0.4, 0.5) is 26.4 Å². The zero-order chi connectivity index (χ0) is 24.4. The van der Waals surface area contributed by atoms with Crippen LogP contribution in [0.15, 0.2) is 18.3 Å². The third kappa shape index (κ3) is 4.60. The predicted molar refractivity (Wildman–Crippen MR) is 120 cm³/mol. The van der Waals surface area contributed by atoms with Gasteiger partial charge in [-0.1, -0.05) is 0 Å². The number of nitrogens with zero attached hydrogens (tertiary/aromatic N) is 5. The van der Waals surface area contributed by atoms with Crippen LogP contribution in [-0.2, 0) is 4.79 Å². The zero-order valence-corrected chi connectivity index (χ0v) is 18.4. The molecule has 10 nitrogen and oxygen atoms in total. The molecular formula is C22H24F2N8O2. The van der Waals surface area contributed by atoms with Crippen molar-refractivity contribution in [3.05, 3.63) is 35.5 Å². The van der Waals surface area contributed by atoms with Crippen LogP contribution in [0, 0.1) is 28.9 Å². The number of nitriles is 1. The Morgan fingerprint density at radius 3 is 2.56 bits per heavy atom. The van der Waals surface area contributed by atoms with Crippen LogP contribution >= 0.6 is 0 Å². The standard InChI is InChI=1S/C22H24F2N8O2/c1-11(10-33)28-21-27-9-17-20(31-21)32(14-4-2-13(3-5-14)19(26)34)22(29-17)30-18-15(23)6-12(8-25)7-16(18)24/h6-7,9,11,13-14,33H,2-5,10H2,1H3,(H2,26,34)(H,29,30)(H,27,28,31)/t11-,13-,14-/m0/s1. The number of aliphatic hydroxyl groups excluding tert-OH is 1. The van der Waals surface area contributed by atoms with Crippen molar-refractivity contribution >= 4 is 34.7 Å². The van der Waals surface area contributed by atoms with Gasteiger partial charge in [-0.3, -0.25) is 9.36 Å². The van der Waals surface area contributed by atoms with Crippen molar-refractivity contribution < 1.29 is 18.7 Å². The Balaban J connectivity index is 1.77. The van der Waals surface area contributed by atoms with Crippen LogP contribution in [-0.4, -0.2) is 43.2 Å². The first-order valence-electron chi connectivity index (χ1n) is 10.9. The Kier molecular flexibility index (Phi) is 6.56. The highest BCUT2D eigenvalue weighted by Crippen LogP contribution is 2.37. The highest BCUT2D eigenvalue weighted by Gasteiger charge is 2.29. The first-order chi connectivity index (χ1) is 16.3. The fourth-order valence-corrected chi connectivity index (χ4v) is 4.15. The molecule has 0 aliphatic heterocycles. The molecule has 0 unspecified atom stereocenters. The molecule has 0 radical (unpaired) electrons. The summed E-state index contributed by atoms with van der Waals surface area (Å²) in [6.07, 6.45) is 3.79. The Morgan fingerprint density at radius 2 is 1.97 bits per heavy atom. The minimum absolute atomic E-state index is 0.123. The summed E-state index contributed by atoms with van der Waals surface area (Å²) in [7, 11) is 0. The maximum absolute atomic E-state index is 14.6. The lowest BCUT2D eigenvalue weighted by Gasteiger charge is -2.29. The number of fused-ring (bicyclic) bond motifs is 1. The molecule has 34 heavy (non-hydrogen) atoms. The number of rotatable bonds is 7. The van der Waals surface area contributed by atoms with Gasteiger partial charge in [-0.2, -0.15) is 10.2 Å². The lowest BCUT2D eigenvalue weighted by molar-refractivity contribution is -0.122. The van der Waals surface area contributed by atoms with Crippen LogP contribution < -0.4 is 16.4 Å². The third-order valence-electron chi connectivity index (χ3n) is 5.95. The second kappa shape index (κ2) is 9.56. The SMILES string of the molecule is C[C@@H](CO)Nc1ncc2nc(Nc3c(F)cc(C#N)cc3F)n([C@H]3CC[C@H](C(N)=O)CC3)c2n1. The Bertz CT molecular complexity index is 1240. The summed E-state index contributed by atoms with van der Waals surface area (Å²) in [5, 5.41) is 24.0. The Labute approximate surface area is 193 Å². The number of hydrogen-bond acceptors (Lipinski definition) is 8. The minimum Gasteiger partial charge on any atom is -0.394 e. The first-order valence-corrected chi connectivity index (χ1v) is 10.9. The summed E-state index contributed by atoms with van der Waals surface area (Å²) in [6.45, 7) is 1.64. The van der Waals surface area contributed by atoms with Crippen molar-refractivity contribution in [3.8, 4) is 6.07 Å². The summed E-state index contributed by atoms with van der Waals surface area (Å²) in [6, 6.07) is 3.14. The number of nitrogens with two attached hydrogens (primary N) is 1. The van der Waals surface area contributed by atoms with Gasteiger partial charge in [-0.15, -0.1) is 0 Å². The summed E-state index contributed by atoms with van der Waals surface area (Å²) in [4.78, 5) is 24.8. The van der Waals surface area contributed by atoms with E-state index in [4.69, 9.17) is 11.0 Å². The van der Waals surface area contributed by atoms with E-state index >= 15 is 0 Å². The number of benzene rings is 1. The highest BCUT2D eigenvalue weighted by atomic mass is 19.1. The molecule has 1 fully saturated rings. The van der Waals surface area contributed by atoms with E-state index in [-0.39, 0.29) is 48.0 Å². The Morgan fingerprint density at radius 1 is 1.29 bits per heavy atom. The second-order valence-corrected chi connectivity index (χ2v) is 8.40. The average Bonchev–Trinajstić information content (AvgIpc) is 3.18. The number of aliphatic hydroxyl groups is 1. The number of amides is 1. The van der Waals surface area contributed by atoms with E-state index in [1.807, 2.05) is 0 Å². The number of carbonyl (C=O) groups is 1. The number of hydrogen-bond donors (Lipinski definition) is 4. The molecule has 1 aromatic carbocycles. The van der Waals surface area contributed by atoms with Crippen molar-refractivity contribution in [1.29, 1.82) is 5.26 Å². The van der Waals surface area contributed by atoms with E-state index in [9.17, 15) is 18.7 Å². The molecule has 3 aromatic rings. The number of halogens is 2. The van der Waals surface area contributed by atoms with Gasteiger partial charge in [0.05, 0.1) is 24.4 Å². The normalized spacial score (nSPS) is 18.9. The molecule has 1 aliphatic rings. The molecule has 0 spiro atoms.